The molecule has 3 rings (SSSR count). The van der Waals surface area contributed by atoms with Crippen LogP contribution < -0.4 is 5.32 Å². The maximum Gasteiger partial charge on any atom is 0.325 e. The van der Waals surface area contributed by atoms with Gasteiger partial charge in [0.25, 0.3) is 0 Å². The van der Waals surface area contributed by atoms with Crippen molar-refractivity contribution in [3.05, 3.63) is 65.6 Å². The van der Waals surface area contributed by atoms with Crippen LogP contribution >= 0.6 is 7.60 Å². The van der Waals surface area contributed by atoms with E-state index in [0.29, 0.717) is 19.5 Å². The van der Waals surface area contributed by atoms with Crippen LogP contribution in [0.3, 0.4) is 0 Å². The Morgan fingerprint density at radius 3 is 2.55 bits per heavy atom. The number of pyridine rings is 1. The van der Waals surface area contributed by atoms with Gasteiger partial charge >= 0.3 is 7.60 Å². The first-order valence-corrected chi connectivity index (χ1v) is 13.6. The van der Waals surface area contributed by atoms with Crippen molar-refractivity contribution in [3.63, 3.8) is 0 Å². The summed E-state index contributed by atoms with van der Waals surface area (Å²) in [6.07, 6.45) is 8.59. The summed E-state index contributed by atoms with van der Waals surface area (Å²) in [5.74, 6) is -0.157. The number of rotatable bonds is 13. The monoisotopic (exact) mass is 472 g/mol. The van der Waals surface area contributed by atoms with Crippen LogP contribution in [-0.4, -0.2) is 27.5 Å². The summed E-state index contributed by atoms with van der Waals surface area (Å²) < 4.78 is 25.8. The van der Waals surface area contributed by atoms with Crippen molar-refractivity contribution in [3.8, 4) is 11.1 Å². The first kappa shape index (κ1) is 25.5. The van der Waals surface area contributed by atoms with Gasteiger partial charge in [0.2, 0.25) is 0 Å². The quantitative estimate of drug-likeness (QED) is 0.203. The van der Waals surface area contributed by atoms with Crippen LogP contribution in [0.2, 0.25) is 0 Å². The van der Waals surface area contributed by atoms with Crippen LogP contribution in [0.4, 0.5) is 4.39 Å². The predicted molar refractivity (Wildman–Crippen MR) is 133 cm³/mol. The Kier molecular flexibility index (Phi) is 9.57. The van der Waals surface area contributed by atoms with E-state index in [0.717, 1.165) is 52.4 Å². The second-order valence-electron chi connectivity index (χ2n) is 8.56. The molecule has 0 radical (unpaired) electrons. The van der Waals surface area contributed by atoms with Crippen LogP contribution in [0.5, 0.6) is 0 Å². The number of unbranched alkanes of at least 4 members (excludes halogenated alkanes) is 4. The molecule has 1 heterocycles. The number of hydrogen-bond donors (Lipinski definition) is 3. The summed E-state index contributed by atoms with van der Waals surface area (Å²) in [7, 11) is -3.96. The number of benzene rings is 2. The highest BCUT2D eigenvalue weighted by Gasteiger charge is 2.13. The second kappa shape index (κ2) is 12.4. The molecule has 2 aromatic carbocycles. The Morgan fingerprint density at radius 1 is 1.00 bits per heavy atom. The van der Waals surface area contributed by atoms with Crippen LogP contribution in [-0.2, 0) is 17.5 Å². The summed E-state index contributed by atoms with van der Waals surface area (Å²) in [5.41, 5.74) is 4.39. The van der Waals surface area contributed by atoms with Crippen LogP contribution in [0.15, 0.2) is 48.7 Å². The Morgan fingerprint density at radius 2 is 1.79 bits per heavy atom. The molecule has 0 bridgehead atoms. The minimum absolute atomic E-state index is 0.127. The number of aryl methyl sites for hydroxylation is 1. The van der Waals surface area contributed by atoms with E-state index in [-0.39, 0.29) is 12.0 Å². The van der Waals surface area contributed by atoms with Crippen molar-refractivity contribution >= 4 is 18.5 Å². The summed E-state index contributed by atoms with van der Waals surface area (Å²) in [5, 5.41) is 4.19. The van der Waals surface area contributed by atoms with Crippen molar-refractivity contribution < 1.29 is 18.7 Å². The zero-order chi connectivity index (χ0) is 23.7. The molecule has 0 amide bonds. The van der Waals surface area contributed by atoms with Crippen LogP contribution in [0.25, 0.3) is 22.0 Å². The first-order chi connectivity index (χ1) is 15.9. The van der Waals surface area contributed by atoms with Gasteiger partial charge in [-0.05, 0) is 60.2 Å². The van der Waals surface area contributed by atoms with E-state index >= 15 is 0 Å². The van der Waals surface area contributed by atoms with Crippen LogP contribution in [0, 0.1) is 5.82 Å². The van der Waals surface area contributed by atoms with Gasteiger partial charge in [0.1, 0.15) is 5.82 Å². The molecule has 3 aromatic rings. The van der Waals surface area contributed by atoms with E-state index in [1.807, 2.05) is 36.4 Å². The van der Waals surface area contributed by atoms with Gasteiger partial charge in [-0.1, -0.05) is 62.9 Å². The lowest BCUT2D eigenvalue weighted by Gasteiger charge is -2.13. The largest absolute Gasteiger partial charge is 0.325 e. The summed E-state index contributed by atoms with van der Waals surface area (Å²) in [6.45, 7) is 3.24. The van der Waals surface area contributed by atoms with E-state index in [2.05, 4.69) is 17.2 Å². The van der Waals surface area contributed by atoms with Crippen molar-refractivity contribution in [1.82, 2.24) is 10.3 Å². The third-order valence-electron chi connectivity index (χ3n) is 5.89. The van der Waals surface area contributed by atoms with Gasteiger partial charge < -0.3 is 15.1 Å². The molecule has 1 aromatic heterocycles. The lowest BCUT2D eigenvalue weighted by molar-refractivity contribution is 0.371. The SMILES string of the molecule is CCCCCCCc1ccc(-c2ccc(CNCCCP(=O)(O)O)c3ncccc23)cc1F. The highest BCUT2D eigenvalue weighted by atomic mass is 31.2. The zero-order valence-electron chi connectivity index (χ0n) is 19.3. The normalized spacial score (nSPS) is 11.9. The standard InChI is InChI=1S/C26H34FN2O3P/c1-2-3-4-5-6-9-20-11-12-21(18-25(20)27)23-14-13-22(26-24(23)10-7-16-29-26)19-28-15-8-17-33(30,31)32/h7,10-14,16,18,28H,2-6,8-9,15,17,19H2,1H3,(H2,30,31,32). The van der Waals surface area contributed by atoms with Crippen molar-refractivity contribution in [2.45, 2.75) is 58.4 Å². The molecule has 0 atom stereocenters. The minimum atomic E-state index is -3.96. The summed E-state index contributed by atoms with van der Waals surface area (Å²) >= 11 is 0. The highest BCUT2D eigenvalue weighted by molar-refractivity contribution is 7.51. The molecule has 0 aliphatic carbocycles. The summed E-state index contributed by atoms with van der Waals surface area (Å²) in [4.78, 5) is 22.5. The highest BCUT2D eigenvalue weighted by Crippen LogP contribution is 2.34. The third-order valence-corrected chi connectivity index (χ3v) is 6.78. The van der Waals surface area contributed by atoms with Gasteiger partial charge in [-0.3, -0.25) is 9.55 Å². The van der Waals surface area contributed by atoms with Crippen molar-refractivity contribution in [1.29, 1.82) is 0 Å². The fourth-order valence-corrected chi connectivity index (χ4v) is 4.67. The molecule has 33 heavy (non-hydrogen) atoms. The molecule has 0 aliphatic rings. The van der Waals surface area contributed by atoms with Gasteiger partial charge in [-0.25, -0.2) is 4.39 Å². The van der Waals surface area contributed by atoms with E-state index in [9.17, 15) is 8.96 Å². The molecular weight excluding hydrogens is 438 g/mol. The molecule has 0 aliphatic heterocycles. The minimum Gasteiger partial charge on any atom is -0.324 e. The predicted octanol–water partition coefficient (Wildman–Crippen LogP) is 6.21. The lowest BCUT2D eigenvalue weighted by Crippen LogP contribution is -2.16. The molecule has 3 N–H and O–H groups in total. The molecule has 0 fully saturated rings. The van der Waals surface area contributed by atoms with Gasteiger partial charge in [0.05, 0.1) is 11.7 Å². The molecule has 0 unspecified atom stereocenters. The fraction of sp³-hybridized carbons (Fsp3) is 0.423. The fourth-order valence-electron chi connectivity index (χ4n) is 4.10. The molecule has 178 valence electrons. The number of hydrogen-bond acceptors (Lipinski definition) is 3. The molecule has 5 nitrogen and oxygen atoms in total. The molecule has 7 heteroatoms. The Labute approximate surface area is 195 Å². The molecular formula is C26H34FN2O3P. The molecule has 0 saturated heterocycles. The third kappa shape index (κ3) is 7.72. The number of nitrogens with zero attached hydrogens (tertiary/aromatic N) is 1. The van der Waals surface area contributed by atoms with Crippen molar-refractivity contribution in [2.75, 3.05) is 12.7 Å². The lowest BCUT2D eigenvalue weighted by atomic mass is 9.96. The number of aromatic nitrogens is 1. The van der Waals surface area contributed by atoms with Gasteiger partial charge in [-0.15, -0.1) is 0 Å². The average Bonchev–Trinajstić information content (AvgIpc) is 2.79. The van der Waals surface area contributed by atoms with Gasteiger partial charge in [-0.2, -0.15) is 0 Å². The van der Waals surface area contributed by atoms with E-state index in [1.165, 1.54) is 19.3 Å². The second-order valence-corrected chi connectivity index (χ2v) is 10.3. The number of halogens is 1. The van der Waals surface area contributed by atoms with Gasteiger partial charge in [0.15, 0.2) is 0 Å². The van der Waals surface area contributed by atoms with E-state index in [4.69, 9.17) is 9.79 Å². The van der Waals surface area contributed by atoms with E-state index in [1.54, 1.807) is 12.3 Å². The Bertz CT molecular complexity index is 1100. The van der Waals surface area contributed by atoms with E-state index < -0.39 is 7.60 Å². The van der Waals surface area contributed by atoms with Gasteiger partial charge in [0, 0.05) is 18.1 Å². The smallest absolute Gasteiger partial charge is 0.324 e. The maximum absolute atomic E-state index is 14.8. The zero-order valence-corrected chi connectivity index (χ0v) is 20.2. The van der Waals surface area contributed by atoms with Crippen LogP contribution in [0.1, 0.15) is 56.6 Å². The number of fused-ring (bicyclic) bond motifs is 1. The molecule has 0 spiro atoms. The average molecular weight is 473 g/mol. The Balaban J connectivity index is 1.72. The Hall–Kier alpha value is -2.11. The van der Waals surface area contributed by atoms with Crippen molar-refractivity contribution in [2.24, 2.45) is 0 Å². The summed E-state index contributed by atoms with van der Waals surface area (Å²) in [6, 6.07) is 13.4. The topological polar surface area (TPSA) is 82.5 Å². The molecule has 0 saturated carbocycles. The maximum atomic E-state index is 14.8. The number of nitrogens with one attached hydrogen (secondary N) is 1. The first-order valence-electron chi connectivity index (χ1n) is 11.8.